The van der Waals surface area contributed by atoms with Gasteiger partial charge in [0.05, 0.1) is 19.7 Å². The number of aromatic nitrogens is 2. The van der Waals surface area contributed by atoms with Crippen LogP contribution < -0.4 is 42.7 Å². The molecule has 9 nitrogen and oxygen atoms in total. The molecule has 44 heavy (non-hydrogen) atoms. The van der Waals surface area contributed by atoms with E-state index in [1.54, 1.807) is 24.3 Å². The lowest BCUT2D eigenvalue weighted by Crippen LogP contribution is -3.00. The number of carbonyl (C=O) groups excluding carboxylic acids is 3. The highest BCUT2D eigenvalue weighted by atomic mass is 79.9. The fraction of sp³-hybridized carbons (Fsp3) is 0.294. The first kappa shape index (κ1) is 34.1. The Labute approximate surface area is 269 Å². The predicted octanol–water partition coefficient (Wildman–Crippen LogP) is 0.410. The number of unbranched alkanes of at least 4 members (excludes halogenated alkanes) is 3. The first-order chi connectivity index (χ1) is 21.0. The molecule has 4 rings (SSSR count). The molecule has 10 heteroatoms. The molecule has 4 aromatic rings. The molecule has 0 radical (unpaired) electrons. The van der Waals surface area contributed by atoms with Crippen LogP contribution in [0.3, 0.4) is 0 Å². The van der Waals surface area contributed by atoms with Crippen LogP contribution in [0, 0.1) is 0 Å². The van der Waals surface area contributed by atoms with E-state index in [0.717, 1.165) is 44.3 Å². The molecule has 1 atom stereocenters. The van der Waals surface area contributed by atoms with E-state index >= 15 is 0 Å². The monoisotopic (exact) mass is 661 g/mol. The fourth-order valence-electron chi connectivity index (χ4n) is 4.68. The van der Waals surface area contributed by atoms with Gasteiger partial charge in [-0.05, 0) is 61.1 Å². The number of nitrogens with one attached hydrogen (secondary N) is 2. The molecule has 0 bridgehead atoms. The summed E-state index contributed by atoms with van der Waals surface area (Å²) in [5.74, 6) is -0.833. The first-order valence-corrected chi connectivity index (χ1v) is 14.7. The molecule has 0 aliphatic rings. The van der Waals surface area contributed by atoms with E-state index < -0.39 is 23.8 Å². The topological polar surface area (TPSA) is 119 Å². The van der Waals surface area contributed by atoms with E-state index in [1.807, 2.05) is 36.4 Å². The average Bonchev–Trinajstić information content (AvgIpc) is 3.47. The lowest BCUT2D eigenvalue weighted by molar-refractivity contribution is -0.687. The quantitative estimate of drug-likeness (QED) is 0.112. The van der Waals surface area contributed by atoms with Crippen LogP contribution in [0.4, 0.5) is 0 Å². The van der Waals surface area contributed by atoms with Crippen molar-refractivity contribution < 1.29 is 40.7 Å². The van der Waals surface area contributed by atoms with Crippen LogP contribution in [-0.2, 0) is 29.1 Å². The minimum absolute atomic E-state index is 0. The van der Waals surface area contributed by atoms with Gasteiger partial charge in [0.15, 0.2) is 0 Å². The van der Waals surface area contributed by atoms with Gasteiger partial charge >= 0.3 is 0 Å². The Balaban J connectivity index is 0.00000529. The molecule has 0 spiro atoms. The van der Waals surface area contributed by atoms with Gasteiger partial charge in [0.2, 0.25) is 18.1 Å². The zero-order chi connectivity index (χ0) is 30.3. The number of nitrogens with two attached hydrogens (primary N) is 1. The van der Waals surface area contributed by atoms with Crippen molar-refractivity contribution >= 4 is 17.7 Å². The summed E-state index contributed by atoms with van der Waals surface area (Å²) in [5, 5.41) is 5.16. The number of nitrogens with zero attached hydrogens (tertiary/aromatic N) is 2. The summed E-state index contributed by atoms with van der Waals surface area (Å²) in [7, 11) is 0. The van der Waals surface area contributed by atoms with Gasteiger partial charge in [-0.2, -0.15) is 0 Å². The van der Waals surface area contributed by atoms with E-state index in [1.165, 1.54) is 5.56 Å². The van der Waals surface area contributed by atoms with Crippen molar-refractivity contribution in [3.63, 3.8) is 0 Å². The maximum Gasteiger partial charge on any atom is 0.251 e. The molecule has 0 unspecified atom stereocenters. The van der Waals surface area contributed by atoms with Crippen molar-refractivity contribution in [3.05, 3.63) is 120 Å². The second-order valence-corrected chi connectivity index (χ2v) is 10.5. The lowest BCUT2D eigenvalue weighted by atomic mass is 10.1. The number of aryl methyl sites for hydroxylation is 1. The van der Waals surface area contributed by atoms with Crippen LogP contribution in [-0.4, -0.2) is 41.5 Å². The Morgan fingerprint density at radius 1 is 0.841 bits per heavy atom. The van der Waals surface area contributed by atoms with E-state index in [2.05, 4.69) is 62.8 Å². The highest BCUT2D eigenvalue weighted by molar-refractivity contribution is 5.97. The van der Waals surface area contributed by atoms with Crippen molar-refractivity contribution in [2.45, 2.75) is 51.2 Å². The summed E-state index contributed by atoms with van der Waals surface area (Å²) in [5.41, 5.74) is 8.02. The van der Waals surface area contributed by atoms with Crippen LogP contribution in [0.25, 0.3) is 0 Å². The Morgan fingerprint density at radius 3 is 2.18 bits per heavy atom. The zero-order valence-electron chi connectivity index (χ0n) is 24.7. The summed E-state index contributed by atoms with van der Waals surface area (Å²) in [4.78, 5) is 36.6. The zero-order valence-corrected chi connectivity index (χ0v) is 26.3. The van der Waals surface area contributed by atoms with Crippen LogP contribution in [0.1, 0.15) is 47.2 Å². The second kappa shape index (κ2) is 18.3. The van der Waals surface area contributed by atoms with E-state index in [0.29, 0.717) is 17.9 Å². The molecular formula is C34H40BrN5O4. The number of hydrogen-bond acceptors (Lipinski definition) is 4. The maximum atomic E-state index is 12.5. The molecule has 3 amide bonds. The number of hydrogen-bond donors (Lipinski definition) is 3. The number of ether oxygens (including phenoxy) is 1. The first-order valence-electron chi connectivity index (χ1n) is 14.7. The molecule has 1 heterocycles. The average molecular weight is 663 g/mol. The summed E-state index contributed by atoms with van der Waals surface area (Å²) in [6.45, 7) is 2.21. The van der Waals surface area contributed by atoms with Gasteiger partial charge in [-0.3, -0.25) is 14.4 Å². The van der Waals surface area contributed by atoms with Crippen molar-refractivity contribution in [3.8, 4) is 5.75 Å². The summed E-state index contributed by atoms with van der Waals surface area (Å²) in [6, 6.07) is 25.6. The maximum absolute atomic E-state index is 12.5. The van der Waals surface area contributed by atoms with Crippen LogP contribution in [0.5, 0.6) is 5.75 Å². The van der Waals surface area contributed by atoms with Crippen molar-refractivity contribution in [2.24, 2.45) is 5.73 Å². The van der Waals surface area contributed by atoms with Gasteiger partial charge in [0, 0.05) is 12.0 Å². The molecule has 4 N–H and O–H groups in total. The molecule has 0 aliphatic heterocycles. The van der Waals surface area contributed by atoms with Crippen molar-refractivity contribution in [1.82, 2.24) is 15.2 Å². The highest BCUT2D eigenvalue weighted by Crippen LogP contribution is 2.13. The van der Waals surface area contributed by atoms with Gasteiger partial charge in [0.25, 0.3) is 5.91 Å². The smallest absolute Gasteiger partial charge is 0.251 e. The van der Waals surface area contributed by atoms with E-state index in [4.69, 9.17) is 10.5 Å². The molecule has 0 saturated heterocycles. The predicted molar refractivity (Wildman–Crippen MR) is 164 cm³/mol. The number of carbonyl (C=O) groups is 3. The van der Waals surface area contributed by atoms with E-state index in [9.17, 15) is 14.4 Å². The van der Waals surface area contributed by atoms with Crippen LogP contribution in [0.2, 0.25) is 0 Å². The van der Waals surface area contributed by atoms with Crippen molar-refractivity contribution in [2.75, 3.05) is 13.2 Å². The largest absolute Gasteiger partial charge is 1.00 e. The third kappa shape index (κ3) is 11.7. The van der Waals surface area contributed by atoms with Gasteiger partial charge in [-0.1, -0.05) is 60.7 Å². The lowest BCUT2D eigenvalue weighted by Gasteiger charge is -2.16. The Hall–Kier alpha value is -4.44. The fourth-order valence-corrected chi connectivity index (χ4v) is 4.68. The molecular weight excluding hydrogens is 622 g/mol. The Bertz CT molecular complexity index is 1450. The van der Waals surface area contributed by atoms with Crippen molar-refractivity contribution in [1.29, 1.82) is 0 Å². The third-order valence-corrected chi connectivity index (χ3v) is 7.02. The molecule has 0 fully saturated rings. The number of rotatable bonds is 17. The second-order valence-electron chi connectivity index (χ2n) is 10.5. The molecule has 3 aromatic carbocycles. The Kier molecular flexibility index (Phi) is 14.1. The van der Waals surface area contributed by atoms with Crippen LogP contribution in [0.15, 0.2) is 104 Å². The number of primary amides is 1. The normalized spacial score (nSPS) is 11.2. The van der Waals surface area contributed by atoms with Gasteiger partial charge in [0.1, 0.15) is 30.7 Å². The number of benzene rings is 3. The summed E-state index contributed by atoms with van der Waals surface area (Å²) < 4.78 is 10.3. The van der Waals surface area contributed by atoms with Gasteiger partial charge in [-0.25, -0.2) is 9.13 Å². The van der Waals surface area contributed by atoms with Gasteiger partial charge in [-0.15, -0.1) is 0 Å². The molecule has 1 aromatic heterocycles. The molecule has 0 saturated carbocycles. The van der Waals surface area contributed by atoms with E-state index in [-0.39, 0.29) is 29.9 Å². The minimum Gasteiger partial charge on any atom is -1.00 e. The number of imidazole rings is 1. The highest BCUT2D eigenvalue weighted by Gasteiger charge is 2.19. The summed E-state index contributed by atoms with van der Waals surface area (Å²) >= 11 is 0. The van der Waals surface area contributed by atoms with Gasteiger partial charge < -0.3 is 38.1 Å². The SMILES string of the molecule is NC(=O)[C@H](Cc1ccccc1)NC(=O)CNC(=O)c1ccc(OCCCCCCn2cc[n+](Cc3ccccc3)c2)cc1.[Br-]. The number of halogens is 1. The Morgan fingerprint density at radius 2 is 1.50 bits per heavy atom. The third-order valence-electron chi connectivity index (χ3n) is 7.02. The molecule has 0 aliphatic carbocycles. The molecule has 232 valence electrons. The standard InChI is InChI=1S/C34H39N5O4.BrH/c35-33(41)31(23-27-11-5-3-6-12-27)37-32(40)24-36-34(42)29-15-17-30(18-16-29)43-22-10-2-1-9-19-38-20-21-39(26-38)25-28-13-7-4-8-14-28;/h3-8,11-18,20-21,26,31H,1-2,9-10,19,22-25H2,(H3-,35,36,37,40,41,42);1H/t31-;/m0./s1. The van der Waals surface area contributed by atoms with Crippen LogP contribution >= 0.6 is 0 Å². The summed E-state index contributed by atoms with van der Waals surface area (Å²) in [6.07, 6.45) is 10.9. The number of amides is 3. The minimum atomic E-state index is -0.861.